The molecule has 4 nitrogen and oxygen atoms in total. The van der Waals surface area contributed by atoms with Crippen molar-refractivity contribution in [2.24, 2.45) is 0 Å². The number of aliphatic hydroxyl groups excluding tert-OH is 1. The maximum absolute atomic E-state index is 12.2. The summed E-state index contributed by atoms with van der Waals surface area (Å²) < 4.78 is 5.57. The molecule has 0 radical (unpaired) electrons. The first kappa shape index (κ1) is 15.1. The van der Waals surface area contributed by atoms with E-state index in [4.69, 9.17) is 4.74 Å². The third kappa shape index (κ3) is 4.07. The van der Waals surface area contributed by atoms with Crippen molar-refractivity contribution < 1.29 is 14.6 Å². The fourth-order valence-corrected chi connectivity index (χ4v) is 1.97. The van der Waals surface area contributed by atoms with Gasteiger partial charge >= 0.3 is 0 Å². The number of ether oxygens (including phenoxy) is 1. The van der Waals surface area contributed by atoms with Gasteiger partial charge in [0.2, 0.25) is 0 Å². The van der Waals surface area contributed by atoms with E-state index in [0.717, 1.165) is 0 Å². The number of aliphatic hydroxyl groups is 1. The first-order valence-electron chi connectivity index (χ1n) is 6.87. The van der Waals surface area contributed by atoms with Crippen LogP contribution >= 0.6 is 0 Å². The largest absolute Gasteiger partial charge is 0.481 e. The highest BCUT2D eigenvalue weighted by Gasteiger charge is 2.17. The van der Waals surface area contributed by atoms with E-state index in [1.165, 1.54) is 0 Å². The smallest absolute Gasteiger partial charge is 0.265 e. The van der Waals surface area contributed by atoms with Crippen LogP contribution in [0.3, 0.4) is 0 Å². The van der Waals surface area contributed by atoms with Crippen LogP contribution in [0, 0.1) is 0 Å². The highest BCUT2D eigenvalue weighted by Crippen LogP contribution is 2.22. The van der Waals surface area contributed by atoms with Crippen molar-refractivity contribution >= 4 is 11.6 Å². The number of carbonyl (C=O) groups excluding carboxylic acids is 1. The van der Waals surface area contributed by atoms with E-state index in [2.05, 4.69) is 5.32 Å². The molecule has 0 saturated carbocycles. The molecule has 2 rings (SSSR count). The van der Waals surface area contributed by atoms with Crippen LogP contribution in [0.1, 0.15) is 25.5 Å². The van der Waals surface area contributed by atoms with E-state index in [-0.39, 0.29) is 5.91 Å². The molecule has 0 saturated heterocycles. The molecule has 2 aromatic rings. The molecule has 0 bridgehead atoms. The summed E-state index contributed by atoms with van der Waals surface area (Å²) in [6, 6.07) is 16.4. The molecule has 2 aromatic carbocycles. The Morgan fingerprint density at radius 3 is 2.33 bits per heavy atom. The first-order valence-corrected chi connectivity index (χ1v) is 6.87. The van der Waals surface area contributed by atoms with Crippen molar-refractivity contribution in [2.45, 2.75) is 26.1 Å². The van der Waals surface area contributed by atoms with Crippen LogP contribution in [0.25, 0.3) is 0 Å². The summed E-state index contributed by atoms with van der Waals surface area (Å²) in [5.41, 5.74) is 1.28. The molecule has 2 unspecified atom stereocenters. The van der Waals surface area contributed by atoms with Gasteiger partial charge in [0.15, 0.2) is 6.10 Å². The predicted octanol–water partition coefficient (Wildman–Crippen LogP) is 3.15. The van der Waals surface area contributed by atoms with E-state index >= 15 is 0 Å². The number of amides is 1. The molecule has 0 spiro atoms. The molecule has 0 aliphatic rings. The third-order valence-corrected chi connectivity index (χ3v) is 3.09. The Labute approximate surface area is 124 Å². The zero-order chi connectivity index (χ0) is 15.2. The average molecular weight is 285 g/mol. The number of benzene rings is 2. The highest BCUT2D eigenvalue weighted by molar-refractivity contribution is 5.94. The van der Waals surface area contributed by atoms with Gasteiger partial charge < -0.3 is 15.2 Å². The number of nitrogens with one attached hydrogen (secondary N) is 1. The second-order valence-corrected chi connectivity index (χ2v) is 4.83. The molecule has 110 valence electrons. The van der Waals surface area contributed by atoms with Gasteiger partial charge in [0.05, 0.1) is 6.10 Å². The van der Waals surface area contributed by atoms with Gasteiger partial charge in [-0.05, 0) is 32.0 Å². The van der Waals surface area contributed by atoms with Crippen molar-refractivity contribution in [1.82, 2.24) is 0 Å². The predicted molar refractivity (Wildman–Crippen MR) is 82.2 cm³/mol. The molecule has 2 N–H and O–H groups in total. The van der Waals surface area contributed by atoms with Gasteiger partial charge in [-0.1, -0.05) is 36.4 Å². The summed E-state index contributed by atoms with van der Waals surface area (Å²) >= 11 is 0. The fraction of sp³-hybridized carbons (Fsp3) is 0.235. The quantitative estimate of drug-likeness (QED) is 0.887. The second kappa shape index (κ2) is 6.90. The number of rotatable bonds is 5. The minimum atomic E-state index is -0.646. The minimum Gasteiger partial charge on any atom is -0.481 e. The summed E-state index contributed by atoms with van der Waals surface area (Å²) in [7, 11) is 0. The molecule has 0 aliphatic heterocycles. The Balaban J connectivity index is 2.04. The molecule has 4 heteroatoms. The van der Waals surface area contributed by atoms with Crippen molar-refractivity contribution in [1.29, 1.82) is 0 Å². The molecule has 0 fully saturated rings. The summed E-state index contributed by atoms with van der Waals surface area (Å²) in [4.78, 5) is 12.2. The number of anilines is 1. The highest BCUT2D eigenvalue weighted by atomic mass is 16.5. The molecular weight excluding hydrogens is 266 g/mol. The average Bonchev–Trinajstić information content (AvgIpc) is 2.48. The molecule has 0 heterocycles. The second-order valence-electron chi connectivity index (χ2n) is 4.83. The van der Waals surface area contributed by atoms with E-state index in [1.54, 1.807) is 38.1 Å². The lowest BCUT2D eigenvalue weighted by Gasteiger charge is -2.17. The number of para-hydroxylation sites is 2. The van der Waals surface area contributed by atoms with Crippen LogP contribution in [0.4, 0.5) is 5.69 Å². The van der Waals surface area contributed by atoms with Crippen molar-refractivity contribution in [2.75, 3.05) is 5.32 Å². The van der Waals surface area contributed by atoms with Crippen molar-refractivity contribution in [3.8, 4) is 5.75 Å². The third-order valence-electron chi connectivity index (χ3n) is 3.09. The zero-order valence-electron chi connectivity index (χ0n) is 12.1. The summed E-state index contributed by atoms with van der Waals surface area (Å²) in [5.74, 6) is 0.385. The first-order chi connectivity index (χ1) is 10.1. The summed E-state index contributed by atoms with van der Waals surface area (Å²) in [6.07, 6.45) is -1.28. The van der Waals surface area contributed by atoms with Crippen molar-refractivity contribution in [3.63, 3.8) is 0 Å². The Morgan fingerprint density at radius 1 is 1.05 bits per heavy atom. The Kier molecular flexibility index (Phi) is 4.95. The van der Waals surface area contributed by atoms with Gasteiger partial charge in [0.1, 0.15) is 5.75 Å². The standard InChI is InChI=1S/C17H19NO3/c1-12(19)15-10-6-7-11-16(15)18-17(20)13(2)21-14-8-4-3-5-9-14/h3-13,19H,1-2H3,(H,18,20). The Morgan fingerprint density at radius 2 is 1.67 bits per heavy atom. The lowest BCUT2D eigenvalue weighted by atomic mass is 10.1. The topological polar surface area (TPSA) is 58.6 Å². The Hall–Kier alpha value is -2.33. The fourth-order valence-electron chi connectivity index (χ4n) is 1.97. The molecule has 0 aromatic heterocycles. The van der Waals surface area contributed by atoms with E-state index in [0.29, 0.717) is 17.0 Å². The van der Waals surface area contributed by atoms with E-state index < -0.39 is 12.2 Å². The molecule has 21 heavy (non-hydrogen) atoms. The maximum Gasteiger partial charge on any atom is 0.265 e. The van der Waals surface area contributed by atoms with Gasteiger partial charge in [-0.2, -0.15) is 0 Å². The van der Waals surface area contributed by atoms with Crippen LogP contribution in [0.2, 0.25) is 0 Å². The minimum absolute atomic E-state index is 0.257. The number of hydrogen-bond donors (Lipinski definition) is 2. The summed E-state index contributed by atoms with van der Waals surface area (Å²) in [5, 5.41) is 12.5. The molecular formula is C17H19NO3. The van der Waals surface area contributed by atoms with Gasteiger partial charge in [-0.3, -0.25) is 4.79 Å². The van der Waals surface area contributed by atoms with E-state index in [1.807, 2.05) is 30.3 Å². The zero-order valence-corrected chi connectivity index (χ0v) is 12.1. The monoisotopic (exact) mass is 285 g/mol. The van der Waals surface area contributed by atoms with Crippen LogP contribution < -0.4 is 10.1 Å². The van der Waals surface area contributed by atoms with Crippen LogP contribution in [0.15, 0.2) is 54.6 Å². The normalized spacial score (nSPS) is 13.3. The lowest BCUT2D eigenvalue weighted by molar-refractivity contribution is -0.122. The number of hydrogen-bond acceptors (Lipinski definition) is 3. The molecule has 0 aliphatic carbocycles. The maximum atomic E-state index is 12.2. The summed E-state index contributed by atoms with van der Waals surface area (Å²) in [6.45, 7) is 3.35. The van der Waals surface area contributed by atoms with Gasteiger partial charge in [0.25, 0.3) is 5.91 Å². The van der Waals surface area contributed by atoms with E-state index in [9.17, 15) is 9.90 Å². The van der Waals surface area contributed by atoms with Gasteiger partial charge in [0, 0.05) is 11.3 Å². The van der Waals surface area contributed by atoms with Crippen LogP contribution in [-0.2, 0) is 4.79 Å². The Bertz CT molecular complexity index is 596. The molecule has 2 atom stereocenters. The lowest BCUT2D eigenvalue weighted by Crippen LogP contribution is -2.30. The van der Waals surface area contributed by atoms with Crippen molar-refractivity contribution in [3.05, 3.63) is 60.2 Å². The molecule has 1 amide bonds. The van der Waals surface area contributed by atoms with Crippen LogP contribution in [-0.4, -0.2) is 17.1 Å². The van der Waals surface area contributed by atoms with Crippen LogP contribution in [0.5, 0.6) is 5.75 Å². The number of carbonyl (C=O) groups is 1. The SMILES string of the molecule is CC(Oc1ccccc1)C(=O)Nc1ccccc1C(C)O. The van der Waals surface area contributed by atoms with Gasteiger partial charge in [-0.15, -0.1) is 0 Å². The van der Waals surface area contributed by atoms with Gasteiger partial charge in [-0.25, -0.2) is 0 Å².